The van der Waals surface area contributed by atoms with Crippen LogP contribution in [0.4, 0.5) is 0 Å². The predicted molar refractivity (Wildman–Crippen MR) is 136 cm³/mol. The Hall–Kier alpha value is -3.56. The van der Waals surface area contributed by atoms with E-state index in [1.54, 1.807) is 11.3 Å². The second kappa shape index (κ2) is 9.36. The third-order valence-electron chi connectivity index (χ3n) is 5.83. The molecule has 9 heteroatoms. The molecule has 5 rings (SSSR count). The maximum Gasteiger partial charge on any atom is 0.263 e. The van der Waals surface area contributed by atoms with Crippen LogP contribution in [0.1, 0.15) is 22.5 Å². The smallest absolute Gasteiger partial charge is 0.263 e. The van der Waals surface area contributed by atoms with Crippen LogP contribution in [0.3, 0.4) is 0 Å². The van der Waals surface area contributed by atoms with Gasteiger partial charge in [-0.05, 0) is 30.9 Å². The van der Waals surface area contributed by atoms with Gasteiger partial charge in [-0.15, -0.1) is 22.7 Å². The van der Waals surface area contributed by atoms with E-state index in [2.05, 4.69) is 27.5 Å². The number of carbonyl (C=O) groups excluding carboxylic acids is 1. The number of carbonyl (C=O) groups is 1. The summed E-state index contributed by atoms with van der Waals surface area (Å²) in [6.07, 6.45) is 1.45. The van der Waals surface area contributed by atoms with Gasteiger partial charge in [0.15, 0.2) is 0 Å². The number of fused-ring (bicyclic) bond motifs is 1. The van der Waals surface area contributed by atoms with Gasteiger partial charge in [0.05, 0.1) is 24.0 Å². The Morgan fingerprint density at radius 2 is 1.91 bits per heavy atom. The summed E-state index contributed by atoms with van der Waals surface area (Å²) >= 11 is 3.02. The van der Waals surface area contributed by atoms with Crippen LogP contribution in [0.2, 0.25) is 0 Å². The first-order valence-electron chi connectivity index (χ1n) is 10.9. The van der Waals surface area contributed by atoms with Gasteiger partial charge in [0.25, 0.3) is 5.56 Å². The molecule has 0 aliphatic rings. The van der Waals surface area contributed by atoms with Gasteiger partial charge >= 0.3 is 0 Å². The fraction of sp³-hybridized carbons (Fsp3) is 0.200. The Kier molecular flexibility index (Phi) is 6.12. The van der Waals surface area contributed by atoms with Crippen molar-refractivity contribution in [3.05, 3.63) is 92.4 Å². The highest BCUT2D eigenvalue weighted by molar-refractivity contribution is 7.18. The number of nitrogens with zero attached hydrogens (tertiary/aromatic N) is 4. The Morgan fingerprint density at radius 3 is 2.68 bits per heavy atom. The quantitative estimate of drug-likeness (QED) is 0.368. The number of hydrogen-bond acceptors (Lipinski definition) is 6. The second-order valence-corrected chi connectivity index (χ2v) is 9.86. The third-order valence-corrected chi connectivity index (χ3v) is 7.62. The van der Waals surface area contributed by atoms with Crippen LogP contribution in [0.25, 0.3) is 20.7 Å². The zero-order chi connectivity index (χ0) is 23.7. The van der Waals surface area contributed by atoms with Crippen LogP contribution in [-0.4, -0.2) is 25.2 Å². The average molecular weight is 490 g/mol. The van der Waals surface area contributed by atoms with Crippen molar-refractivity contribution in [2.45, 2.75) is 33.5 Å². The molecule has 0 bridgehead atoms. The zero-order valence-corrected chi connectivity index (χ0v) is 20.4. The highest BCUT2D eigenvalue weighted by Gasteiger charge is 2.16. The molecule has 0 aliphatic heterocycles. The molecule has 172 valence electrons. The first kappa shape index (κ1) is 22.2. The summed E-state index contributed by atoms with van der Waals surface area (Å²) in [7, 11) is 0. The van der Waals surface area contributed by atoms with Crippen LogP contribution < -0.4 is 10.9 Å². The lowest BCUT2D eigenvalue weighted by Gasteiger charge is -2.09. The molecule has 0 fully saturated rings. The van der Waals surface area contributed by atoms with Gasteiger partial charge in [0.1, 0.15) is 11.4 Å². The molecule has 0 saturated heterocycles. The van der Waals surface area contributed by atoms with Crippen molar-refractivity contribution in [1.82, 2.24) is 24.6 Å². The molecule has 5 aromatic rings. The summed E-state index contributed by atoms with van der Waals surface area (Å²) in [5, 5.41) is 12.1. The number of hydrogen-bond donors (Lipinski definition) is 1. The van der Waals surface area contributed by atoms with E-state index >= 15 is 0 Å². The summed E-state index contributed by atoms with van der Waals surface area (Å²) in [6, 6.07) is 14.1. The zero-order valence-electron chi connectivity index (χ0n) is 18.8. The number of benzene rings is 1. The average Bonchev–Trinajstić information content (AvgIpc) is 3.56. The topological polar surface area (TPSA) is 81.8 Å². The molecule has 0 saturated carbocycles. The molecule has 1 amide bonds. The molecule has 0 unspecified atom stereocenters. The van der Waals surface area contributed by atoms with E-state index in [0.717, 1.165) is 27.4 Å². The summed E-state index contributed by atoms with van der Waals surface area (Å²) in [5.74, 6) is -0.245. The van der Waals surface area contributed by atoms with E-state index < -0.39 is 0 Å². The van der Waals surface area contributed by atoms with Crippen molar-refractivity contribution >= 4 is 38.8 Å². The van der Waals surface area contributed by atoms with Crippen molar-refractivity contribution in [3.63, 3.8) is 0 Å². The van der Waals surface area contributed by atoms with Crippen LogP contribution in [0.15, 0.2) is 64.3 Å². The summed E-state index contributed by atoms with van der Waals surface area (Å²) in [5.41, 5.74) is 4.73. The van der Waals surface area contributed by atoms with Gasteiger partial charge in [-0.2, -0.15) is 5.10 Å². The number of rotatable bonds is 7. The Morgan fingerprint density at radius 1 is 1.09 bits per heavy atom. The largest absolute Gasteiger partial charge is 0.350 e. The van der Waals surface area contributed by atoms with Crippen LogP contribution >= 0.6 is 22.7 Å². The minimum atomic E-state index is -0.245. The van der Waals surface area contributed by atoms with Gasteiger partial charge in [-0.1, -0.05) is 36.4 Å². The highest BCUT2D eigenvalue weighted by atomic mass is 32.1. The molecule has 1 N–H and O–H groups in total. The Labute approximate surface area is 204 Å². The highest BCUT2D eigenvalue weighted by Crippen LogP contribution is 2.33. The molecule has 4 heterocycles. The second-order valence-electron chi connectivity index (χ2n) is 8.05. The van der Waals surface area contributed by atoms with Gasteiger partial charge in [-0.25, -0.2) is 4.98 Å². The van der Waals surface area contributed by atoms with Gasteiger partial charge in [0, 0.05) is 33.6 Å². The molecular weight excluding hydrogens is 466 g/mol. The number of thiophene rings is 2. The molecule has 0 radical (unpaired) electrons. The Balaban J connectivity index is 1.30. The van der Waals surface area contributed by atoms with Gasteiger partial charge < -0.3 is 5.32 Å². The lowest BCUT2D eigenvalue weighted by atomic mass is 10.2. The van der Waals surface area contributed by atoms with E-state index in [1.807, 2.05) is 59.6 Å². The normalized spacial score (nSPS) is 11.2. The van der Waals surface area contributed by atoms with E-state index in [0.29, 0.717) is 23.3 Å². The third kappa shape index (κ3) is 4.32. The molecule has 7 nitrogen and oxygen atoms in total. The standard InChI is InChI=1S/C25H23N5O2S2/c1-16-19(17(2)30(28-16)12-18-7-4-3-5-8-18)11-26-22(31)13-29-15-27-24-23(25(29)32)20(14-34-24)21-9-6-10-33-21/h3-10,14-15H,11-13H2,1-2H3,(H,26,31). The van der Waals surface area contributed by atoms with E-state index in [9.17, 15) is 9.59 Å². The SMILES string of the molecule is Cc1nn(Cc2ccccc2)c(C)c1CNC(=O)Cn1cnc2scc(-c3cccs3)c2c1=O. The van der Waals surface area contributed by atoms with Crippen LogP contribution in [0, 0.1) is 13.8 Å². The molecular formula is C25H23N5O2S2. The van der Waals surface area contributed by atoms with Crippen LogP contribution in [0.5, 0.6) is 0 Å². The maximum atomic E-state index is 13.1. The number of aryl methyl sites for hydroxylation is 1. The van der Waals surface area contributed by atoms with Gasteiger partial charge in [-0.3, -0.25) is 18.8 Å². The van der Waals surface area contributed by atoms with Crippen molar-refractivity contribution in [2.24, 2.45) is 0 Å². The monoisotopic (exact) mass is 489 g/mol. The minimum absolute atomic E-state index is 0.0856. The van der Waals surface area contributed by atoms with Crippen molar-refractivity contribution in [2.75, 3.05) is 0 Å². The molecule has 0 atom stereocenters. The Bertz CT molecular complexity index is 1510. The van der Waals surface area contributed by atoms with Crippen LogP contribution in [-0.2, 0) is 24.4 Å². The molecule has 4 aromatic heterocycles. The van der Waals surface area contributed by atoms with Crippen molar-refractivity contribution < 1.29 is 4.79 Å². The molecule has 34 heavy (non-hydrogen) atoms. The van der Waals surface area contributed by atoms with E-state index in [-0.39, 0.29) is 18.0 Å². The molecule has 1 aromatic carbocycles. The van der Waals surface area contributed by atoms with Crippen molar-refractivity contribution in [3.8, 4) is 10.4 Å². The fourth-order valence-electron chi connectivity index (χ4n) is 3.99. The maximum absolute atomic E-state index is 13.1. The molecule has 0 aliphatic carbocycles. The number of amides is 1. The fourth-order valence-corrected chi connectivity index (χ4v) is 5.71. The molecule has 0 spiro atoms. The summed E-state index contributed by atoms with van der Waals surface area (Å²) < 4.78 is 3.33. The van der Waals surface area contributed by atoms with E-state index in [1.165, 1.54) is 27.8 Å². The lowest BCUT2D eigenvalue weighted by molar-refractivity contribution is -0.121. The predicted octanol–water partition coefficient (Wildman–Crippen LogP) is 4.36. The summed E-state index contributed by atoms with van der Waals surface area (Å²) in [4.78, 5) is 32.0. The minimum Gasteiger partial charge on any atom is -0.350 e. The van der Waals surface area contributed by atoms with E-state index in [4.69, 9.17) is 0 Å². The van der Waals surface area contributed by atoms with Crippen molar-refractivity contribution in [1.29, 1.82) is 0 Å². The lowest BCUT2D eigenvalue weighted by Crippen LogP contribution is -2.32. The number of nitrogens with one attached hydrogen (secondary N) is 1. The first-order chi connectivity index (χ1) is 16.5. The van der Waals surface area contributed by atoms with Gasteiger partial charge in [0.2, 0.25) is 5.91 Å². The summed E-state index contributed by atoms with van der Waals surface area (Å²) in [6.45, 7) is 4.90. The number of aromatic nitrogens is 4. The first-order valence-corrected chi connectivity index (χ1v) is 12.6.